The molecule has 0 aliphatic carbocycles. The molecule has 0 saturated carbocycles. The third-order valence-corrected chi connectivity index (χ3v) is 6.25. The fourth-order valence-corrected chi connectivity index (χ4v) is 4.39. The quantitative estimate of drug-likeness (QED) is 0.214. The van der Waals surface area contributed by atoms with Crippen LogP contribution in [0.25, 0.3) is 10.9 Å². The van der Waals surface area contributed by atoms with Gasteiger partial charge < -0.3 is 14.8 Å². The molecule has 0 fully saturated rings. The Labute approximate surface area is 237 Å². The number of hydrogen-bond donors (Lipinski definition) is 1. The van der Waals surface area contributed by atoms with E-state index in [2.05, 4.69) is 31.3 Å². The summed E-state index contributed by atoms with van der Waals surface area (Å²) in [6, 6.07) is 14.0. The van der Waals surface area contributed by atoms with Crippen molar-refractivity contribution >= 4 is 56.2 Å². The predicted molar refractivity (Wildman–Crippen MR) is 154 cm³/mol. The van der Waals surface area contributed by atoms with E-state index in [9.17, 15) is 14.0 Å². The predicted octanol–water partition coefficient (Wildman–Crippen LogP) is 6.20. The standard InChI is InChI=1S/C28H25BrClFN4O4/c1-3-5-25-34-23-11-6-18(29)14-21(23)28(37)35(25)32-15-17-12-22(30)27(24(13-17)38-4-2)39-16-26(36)33-20-9-7-19(31)8-10-20/h6-15H,3-5,16H2,1-2H3,(H,33,36). The number of amides is 1. The normalized spacial score (nSPS) is 11.2. The fourth-order valence-electron chi connectivity index (χ4n) is 3.76. The molecule has 1 heterocycles. The molecule has 1 aromatic heterocycles. The molecule has 0 atom stereocenters. The van der Waals surface area contributed by atoms with Crippen molar-refractivity contribution in [2.24, 2.45) is 5.10 Å². The Morgan fingerprint density at radius 3 is 2.64 bits per heavy atom. The number of nitrogens with zero attached hydrogens (tertiary/aromatic N) is 3. The van der Waals surface area contributed by atoms with Gasteiger partial charge in [-0.25, -0.2) is 9.37 Å². The van der Waals surface area contributed by atoms with Crippen molar-refractivity contribution in [2.75, 3.05) is 18.5 Å². The SMILES string of the molecule is CCCc1nc2ccc(Br)cc2c(=O)n1N=Cc1cc(Cl)c(OCC(=O)Nc2ccc(F)cc2)c(OCC)c1. The van der Waals surface area contributed by atoms with Crippen molar-refractivity contribution in [3.8, 4) is 11.5 Å². The van der Waals surface area contributed by atoms with Crippen molar-refractivity contribution in [1.82, 2.24) is 9.66 Å². The van der Waals surface area contributed by atoms with Gasteiger partial charge in [0.1, 0.15) is 11.6 Å². The van der Waals surface area contributed by atoms with Gasteiger partial charge >= 0.3 is 0 Å². The summed E-state index contributed by atoms with van der Waals surface area (Å²) in [6.07, 6.45) is 2.84. The van der Waals surface area contributed by atoms with Crippen molar-refractivity contribution in [1.29, 1.82) is 0 Å². The monoisotopic (exact) mass is 614 g/mol. The smallest absolute Gasteiger partial charge is 0.282 e. The maximum atomic E-state index is 13.2. The summed E-state index contributed by atoms with van der Waals surface area (Å²) in [5, 5.41) is 7.68. The number of carbonyl (C=O) groups is 1. The Hall–Kier alpha value is -3.76. The maximum absolute atomic E-state index is 13.2. The number of benzene rings is 3. The molecule has 202 valence electrons. The maximum Gasteiger partial charge on any atom is 0.282 e. The van der Waals surface area contributed by atoms with Crippen LogP contribution in [-0.2, 0) is 11.2 Å². The molecular weight excluding hydrogens is 591 g/mol. The number of ether oxygens (including phenoxy) is 2. The Bertz CT molecular complexity index is 1590. The van der Waals surface area contributed by atoms with E-state index in [1.807, 2.05) is 13.0 Å². The van der Waals surface area contributed by atoms with Gasteiger partial charge in [-0.1, -0.05) is 34.5 Å². The molecular formula is C28H25BrClFN4O4. The van der Waals surface area contributed by atoms with Gasteiger partial charge in [0, 0.05) is 16.6 Å². The zero-order chi connectivity index (χ0) is 27.9. The Morgan fingerprint density at radius 2 is 1.92 bits per heavy atom. The van der Waals surface area contributed by atoms with E-state index in [4.69, 9.17) is 21.1 Å². The molecule has 0 bridgehead atoms. The highest BCUT2D eigenvalue weighted by Gasteiger charge is 2.15. The second-order valence-corrected chi connectivity index (χ2v) is 9.73. The van der Waals surface area contributed by atoms with Crippen LogP contribution in [0.15, 0.2) is 69.0 Å². The van der Waals surface area contributed by atoms with Crippen molar-refractivity contribution in [2.45, 2.75) is 26.7 Å². The van der Waals surface area contributed by atoms with Gasteiger partial charge in [-0.2, -0.15) is 9.78 Å². The average Bonchev–Trinajstić information content (AvgIpc) is 2.90. The van der Waals surface area contributed by atoms with Gasteiger partial charge in [0.15, 0.2) is 18.1 Å². The summed E-state index contributed by atoms with van der Waals surface area (Å²) in [5.41, 5.74) is 1.30. The lowest BCUT2D eigenvalue weighted by Gasteiger charge is -2.14. The molecule has 4 rings (SSSR count). The Balaban J connectivity index is 1.59. The Morgan fingerprint density at radius 1 is 1.15 bits per heavy atom. The number of halogens is 3. The topological polar surface area (TPSA) is 94.8 Å². The summed E-state index contributed by atoms with van der Waals surface area (Å²) in [5.74, 6) is 0.173. The molecule has 11 heteroatoms. The Kier molecular flexibility index (Phi) is 9.32. The van der Waals surface area contributed by atoms with Crippen molar-refractivity contribution in [3.63, 3.8) is 0 Å². The highest BCUT2D eigenvalue weighted by atomic mass is 79.9. The number of fused-ring (bicyclic) bond motifs is 1. The lowest BCUT2D eigenvalue weighted by Crippen LogP contribution is -2.22. The van der Waals surface area contributed by atoms with E-state index in [-0.39, 0.29) is 22.9 Å². The first-order valence-electron chi connectivity index (χ1n) is 12.2. The number of nitrogens with one attached hydrogen (secondary N) is 1. The van der Waals surface area contributed by atoms with Crippen LogP contribution in [0.4, 0.5) is 10.1 Å². The van der Waals surface area contributed by atoms with Crippen LogP contribution in [0.3, 0.4) is 0 Å². The lowest BCUT2D eigenvalue weighted by molar-refractivity contribution is -0.118. The second-order valence-electron chi connectivity index (χ2n) is 8.41. The van der Waals surface area contributed by atoms with Gasteiger partial charge in [0.2, 0.25) is 0 Å². The molecule has 39 heavy (non-hydrogen) atoms. The zero-order valence-electron chi connectivity index (χ0n) is 21.2. The summed E-state index contributed by atoms with van der Waals surface area (Å²) < 4.78 is 26.5. The van der Waals surface area contributed by atoms with Gasteiger partial charge in [-0.05, 0) is 73.5 Å². The molecule has 1 N–H and O–H groups in total. The molecule has 8 nitrogen and oxygen atoms in total. The molecule has 4 aromatic rings. The van der Waals surface area contributed by atoms with E-state index in [0.717, 1.165) is 10.9 Å². The number of aryl methyl sites for hydroxylation is 1. The van der Waals surface area contributed by atoms with Crippen LogP contribution in [0.5, 0.6) is 11.5 Å². The third kappa shape index (κ3) is 7.01. The molecule has 0 spiro atoms. The summed E-state index contributed by atoms with van der Waals surface area (Å²) >= 11 is 9.90. The molecule has 0 aliphatic rings. The minimum Gasteiger partial charge on any atom is -0.490 e. The molecule has 0 unspecified atom stereocenters. The molecule has 3 aromatic carbocycles. The van der Waals surface area contributed by atoms with E-state index in [1.165, 1.54) is 35.2 Å². The first kappa shape index (κ1) is 28.3. The molecule has 0 radical (unpaired) electrons. The minimum absolute atomic E-state index is 0.186. The van der Waals surface area contributed by atoms with Gasteiger partial charge in [-0.15, -0.1) is 0 Å². The summed E-state index contributed by atoms with van der Waals surface area (Å²) in [4.78, 5) is 30.2. The van der Waals surface area contributed by atoms with Gasteiger partial charge in [0.25, 0.3) is 11.5 Å². The number of carbonyl (C=O) groups excluding carboxylic acids is 1. The second kappa shape index (κ2) is 12.9. The zero-order valence-corrected chi connectivity index (χ0v) is 23.6. The van der Waals surface area contributed by atoms with E-state index in [1.54, 1.807) is 31.2 Å². The van der Waals surface area contributed by atoms with Crippen LogP contribution in [0.2, 0.25) is 5.02 Å². The van der Waals surface area contributed by atoms with Gasteiger partial charge in [-0.3, -0.25) is 9.59 Å². The molecule has 0 saturated heterocycles. The van der Waals surface area contributed by atoms with Crippen molar-refractivity contribution in [3.05, 3.63) is 91.7 Å². The first-order chi connectivity index (χ1) is 18.8. The highest BCUT2D eigenvalue weighted by molar-refractivity contribution is 9.10. The minimum atomic E-state index is -0.455. The number of hydrogen-bond acceptors (Lipinski definition) is 6. The third-order valence-electron chi connectivity index (χ3n) is 5.48. The van der Waals surface area contributed by atoms with Crippen LogP contribution >= 0.6 is 27.5 Å². The van der Waals surface area contributed by atoms with Crippen LogP contribution in [0, 0.1) is 5.82 Å². The van der Waals surface area contributed by atoms with Crippen LogP contribution in [-0.4, -0.2) is 35.0 Å². The highest BCUT2D eigenvalue weighted by Crippen LogP contribution is 2.36. The van der Waals surface area contributed by atoms with Crippen LogP contribution in [0.1, 0.15) is 31.7 Å². The molecule has 0 aliphatic heterocycles. The number of anilines is 1. The van der Waals surface area contributed by atoms with E-state index >= 15 is 0 Å². The fraction of sp³-hybridized carbons (Fsp3) is 0.214. The van der Waals surface area contributed by atoms with E-state index in [0.29, 0.717) is 46.8 Å². The molecule has 1 amide bonds. The summed E-state index contributed by atoms with van der Waals surface area (Å²) in [6.45, 7) is 3.77. The lowest BCUT2D eigenvalue weighted by atomic mass is 10.2. The number of aromatic nitrogens is 2. The average molecular weight is 616 g/mol. The summed E-state index contributed by atoms with van der Waals surface area (Å²) in [7, 11) is 0. The van der Waals surface area contributed by atoms with Crippen molar-refractivity contribution < 1.29 is 18.7 Å². The largest absolute Gasteiger partial charge is 0.490 e. The van der Waals surface area contributed by atoms with Gasteiger partial charge in [0.05, 0.1) is 28.7 Å². The van der Waals surface area contributed by atoms with Crippen LogP contribution < -0.4 is 20.3 Å². The van der Waals surface area contributed by atoms with E-state index < -0.39 is 11.7 Å². The first-order valence-corrected chi connectivity index (χ1v) is 13.4. The number of rotatable bonds is 10.